The van der Waals surface area contributed by atoms with Gasteiger partial charge in [0.2, 0.25) is 0 Å². The molecule has 0 aliphatic rings. The van der Waals surface area contributed by atoms with Crippen molar-refractivity contribution in [3.63, 3.8) is 0 Å². The van der Waals surface area contributed by atoms with Crippen LogP contribution in [0.1, 0.15) is 11.1 Å². The first kappa shape index (κ1) is 19.1. The van der Waals surface area contributed by atoms with E-state index < -0.39 is 0 Å². The highest BCUT2D eigenvalue weighted by Crippen LogP contribution is 2.24. The summed E-state index contributed by atoms with van der Waals surface area (Å²) in [6.07, 6.45) is 8.74. The van der Waals surface area contributed by atoms with Crippen molar-refractivity contribution in [2.24, 2.45) is 0 Å². The van der Waals surface area contributed by atoms with E-state index >= 15 is 0 Å². The second-order valence-electron chi connectivity index (χ2n) is 9.05. The van der Waals surface area contributed by atoms with Crippen LogP contribution in [0.4, 0.5) is 0 Å². The van der Waals surface area contributed by atoms with E-state index in [1.54, 1.807) is 0 Å². The third kappa shape index (κ3) is 3.23. The molecule has 4 heteroatoms. The summed E-state index contributed by atoms with van der Waals surface area (Å²) < 4.78 is 4.48. The summed E-state index contributed by atoms with van der Waals surface area (Å²) >= 11 is 0. The van der Waals surface area contributed by atoms with Gasteiger partial charge in [0.1, 0.15) is 11.0 Å². The number of para-hydroxylation sites is 2. The topological polar surface area (TPSA) is 39.3 Å². The Kier molecular flexibility index (Phi) is 4.24. The van der Waals surface area contributed by atoms with Gasteiger partial charge in [-0.1, -0.05) is 60.7 Å². The molecule has 0 spiro atoms. The van der Waals surface area contributed by atoms with Gasteiger partial charge in [0, 0.05) is 55.8 Å². The van der Waals surface area contributed by atoms with Crippen LogP contribution in [0.15, 0.2) is 110 Å². The summed E-state index contributed by atoms with van der Waals surface area (Å²) in [6, 6.07) is 30.3. The summed E-state index contributed by atoms with van der Waals surface area (Å²) in [5.41, 5.74) is 7.29. The summed E-state index contributed by atoms with van der Waals surface area (Å²) in [7, 11) is 0. The molecule has 4 aromatic heterocycles. The van der Waals surface area contributed by atoms with Gasteiger partial charge in [-0.05, 0) is 12.1 Å². The molecule has 0 atom stereocenters. The van der Waals surface area contributed by atoms with E-state index in [0.717, 1.165) is 13.1 Å². The van der Waals surface area contributed by atoms with Gasteiger partial charge in [-0.2, -0.15) is 9.13 Å². The number of hydrogen-bond acceptors (Lipinski definition) is 0. The average Bonchev–Trinajstić information content (AvgIpc) is 3.42. The van der Waals surface area contributed by atoms with Crippen LogP contribution in [0.2, 0.25) is 0 Å². The molecule has 34 heavy (non-hydrogen) atoms. The fourth-order valence-electron chi connectivity index (χ4n) is 5.06. The van der Waals surface area contributed by atoms with Gasteiger partial charge in [-0.25, -0.2) is 0 Å². The Balaban J connectivity index is 1.11. The molecule has 4 nitrogen and oxygen atoms in total. The molecule has 4 heterocycles. The Morgan fingerprint density at radius 1 is 0.441 bits per heavy atom. The molecule has 3 aromatic carbocycles. The average molecular weight is 441 g/mol. The third-order valence-electron chi connectivity index (χ3n) is 6.76. The minimum Gasteiger partial charge on any atom is -0.350 e. The number of fused-ring (bicyclic) bond motifs is 6. The zero-order chi connectivity index (χ0) is 22.5. The molecule has 0 aliphatic carbocycles. The van der Waals surface area contributed by atoms with Gasteiger partial charge >= 0.3 is 0 Å². The molecule has 0 fully saturated rings. The number of hydrogen-bond donors (Lipinski definition) is 2. The van der Waals surface area contributed by atoms with E-state index in [1.165, 1.54) is 54.7 Å². The third-order valence-corrected chi connectivity index (χ3v) is 6.76. The Labute approximate surface area is 196 Å². The zero-order valence-corrected chi connectivity index (χ0v) is 18.7. The number of nitrogens with zero attached hydrogens (tertiary/aromatic N) is 2. The Morgan fingerprint density at radius 2 is 0.853 bits per heavy atom. The lowest BCUT2D eigenvalue weighted by Crippen LogP contribution is -2.34. The first-order chi connectivity index (χ1) is 16.8. The number of aromatic amines is 2. The Morgan fingerprint density at radius 3 is 1.32 bits per heavy atom. The molecule has 7 aromatic rings. The fraction of sp³-hybridized carbons (Fsp3) is 0.0667. The molecule has 2 N–H and O–H groups in total. The maximum absolute atomic E-state index is 3.54. The van der Waals surface area contributed by atoms with Crippen LogP contribution >= 0.6 is 0 Å². The number of nitrogens with one attached hydrogen (secondary N) is 2. The summed E-state index contributed by atoms with van der Waals surface area (Å²) in [6.45, 7) is 1.69. The van der Waals surface area contributed by atoms with E-state index in [-0.39, 0.29) is 0 Å². The molecular weight excluding hydrogens is 416 g/mol. The van der Waals surface area contributed by atoms with Crippen LogP contribution in [0.3, 0.4) is 0 Å². The van der Waals surface area contributed by atoms with E-state index in [0.29, 0.717) is 0 Å². The molecule has 7 rings (SSSR count). The van der Waals surface area contributed by atoms with Crippen LogP contribution in [-0.2, 0) is 13.1 Å². The Hall–Kier alpha value is -4.44. The lowest BCUT2D eigenvalue weighted by molar-refractivity contribution is -0.687. The lowest BCUT2D eigenvalue weighted by Gasteiger charge is -2.01. The van der Waals surface area contributed by atoms with Crippen molar-refractivity contribution in [1.29, 1.82) is 0 Å². The van der Waals surface area contributed by atoms with Crippen LogP contribution < -0.4 is 9.13 Å². The summed E-state index contributed by atoms with van der Waals surface area (Å²) in [4.78, 5) is 7.07. The SMILES string of the molecule is c1ccc2c(c1)[nH]c1c[n+](Cc3ccc(C[n+]4ccc5c(c4)[nH]c4ccccc45)cc3)ccc12. The van der Waals surface area contributed by atoms with Crippen LogP contribution in [-0.4, -0.2) is 9.97 Å². The van der Waals surface area contributed by atoms with Gasteiger partial charge in [0.05, 0.1) is 0 Å². The quantitative estimate of drug-likeness (QED) is 0.333. The number of aromatic nitrogens is 4. The van der Waals surface area contributed by atoms with Crippen molar-refractivity contribution in [2.75, 3.05) is 0 Å². The highest BCUT2D eigenvalue weighted by molar-refractivity contribution is 6.07. The van der Waals surface area contributed by atoms with Crippen LogP contribution in [0, 0.1) is 0 Å². The van der Waals surface area contributed by atoms with Gasteiger partial charge < -0.3 is 9.97 Å². The van der Waals surface area contributed by atoms with Crippen molar-refractivity contribution in [2.45, 2.75) is 13.1 Å². The van der Waals surface area contributed by atoms with Gasteiger partial charge in [-0.15, -0.1) is 0 Å². The van der Waals surface area contributed by atoms with Crippen molar-refractivity contribution in [3.05, 3.63) is 121 Å². The second-order valence-corrected chi connectivity index (χ2v) is 9.05. The predicted molar refractivity (Wildman–Crippen MR) is 137 cm³/mol. The van der Waals surface area contributed by atoms with Gasteiger partial charge in [0.15, 0.2) is 37.9 Å². The fourth-order valence-corrected chi connectivity index (χ4v) is 5.06. The molecule has 0 amide bonds. The monoisotopic (exact) mass is 440 g/mol. The molecule has 0 unspecified atom stereocenters. The van der Waals surface area contributed by atoms with Crippen molar-refractivity contribution >= 4 is 43.6 Å². The maximum atomic E-state index is 3.54. The Bertz CT molecular complexity index is 1670. The largest absolute Gasteiger partial charge is 0.350 e. The second kappa shape index (κ2) is 7.56. The molecule has 0 saturated heterocycles. The van der Waals surface area contributed by atoms with Crippen LogP contribution in [0.5, 0.6) is 0 Å². The predicted octanol–water partition coefficient (Wildman–Crippen LogP) is 5.63. The van der Waals surface area contributed by atoms with Gasteiger partial charge in [-0.3, -0.25) is 0 Å². The number of H-pyrrole nitrogens is 2. The smallest absolute Gasteiger partial charge is 0.193 e. The molecule has 0 radical (unpaired) electrons. The molecular formula is C30H24N4+2. The van der Waals surface area contributed by atoms with Crippen molar-refractivity contribution in [3.8, 4) is 0 Å². The lowest BCUT2D eigenvalue weighted by atomic mass is 10.1. The highest BCUT2D eigenvalue weighted by Gasteiger charge is 2.12. The van der Waals surface area contributed by atoms with E-state index in [2.05, 4.69) is 129 Å². The zero-order valence-electron chi connectivity index (χ0n) is 18.7. The van der Waals surface area contributed by atoms with E-state index in [1.807, 2.05) is 0 Å². The molecule has 0 saturated carbocycles. The van der Waals surface area contributed by atoms with Crippen molar-refractivity contribution < 1.29 is 9.13 Å². The first-order valence-electron chi connectivity index (χ1n) is 11.7. The molecule has 0 aliphatic heterocycles. The minimum atomic E-state index is 0.847. The summed E-state index contributed by atoms with van der Waals surface area (Å²) in [5, 5.41) is 5.09. The maximum Gasteiger partial charge on any atom is 0.193 e. The first-order valence-corrected chi connectivity index (χ1v) is 11.7. The minimum absolute atomic E-state index is 0.847. The molecule has 162 valence electrons. The number of pyridine rings is 2. The van der Waals surface area contributed by atoms with Crippen molar-refractivity contribution in [1.82, 2.24) is 9.97 Å². The van der Waals surface area contributed by atoms with Gasteiger partial charge in [0.25, 0.3) is 0 Å². The van der Waals surface area contributed by atoms with Crippen LogP contribution in [0.25, 0.3) is 43.6 Å². The van der Waals surface area contributed by atoms with E-state index in [9.17, 15) is 0 Å². The summed E-state index contributed by atoms with van der Waals surface area (Å²) in [5.74, 6) is 0. The number of benzene rings is 3. The van der Waals surface area contributed by atoms with E-state index in [4.69, 9.17) is 0 Å². The standard InChI is InChI=1S/C30H22N4/c1-3-7-27-23(5-1)25-13-15-33(19-29(25)31-27)17-21-9-11-22(12-10-21)18-34-16-14-26-24-6-2-4-8-28(24)32-30(26)20-34/h1-16,19-20H,17-18H2/p+2. The number of rotatable bonds is 4. The molecule has 0 bridgehead atoms. The normalized spacial score (nSPS) is 11.8. The highest BCUT2D eigenvalue weighted by atomic mass is 14.9.